The van der Waals surface area contributed by atoms with E-state index in [1.807, 2.05) is 26.1 Å². The monoisotopic (exact) mass is 277 g/mol. The predicted molar refractivity (Wildman–Crippen MR) is 71.7 cm³/mol. The van der Waals surface area contributed by atoms with Gasteiger partial charge in [0, 0.05) is 5.39 Å². The first-order chi connectivity index (χ1) is 9.20. The van der Waals surface area contributed by atoms with Crippen LogP contribution < -0.4 is 5.32 Å². The van der Waals surface area contributed by atoms with Gasteiger partial charge in [0.2, 0.25) is 0 Å². The fourth-order valence-corrected chi connectivity index (χ4v) is 2.86. The number of fused-ring (bicyclic) bond motifs is 1. The van der Waals surface area contributed by atoms with Gasteiger partial charge < -0.3 is 9.73 Å². The first-order valence-corrected chi connectivity index (χ1v) is 6.62. The third-order valence-electron chi connectivity index (χ3n) is 3.04. The molecule has 2 heterocycles. The lowest BCUT2D eigenvalue weighted by Crippen LogP contribution is -2.16. The molecule has 0 radical (unpaired) electrons. The minimum atomic E-state index is -0.349. The summed E-state index contributed by atoms with van der Waals surface area (Å²) in [6.07, 6.45) is 0. The minimum absolute atomic E-state index is 0.160. The summed E-state index contributed by atoms with van der Waals surface area (Å²) in [6.45, 7) is 1.90. The number of aromatic nitrogens is 2. The highest BCUT2D eigenvalue weighted by molar-refractivity contribution is 7.05. The summed E-state index contributed by atoms with van der Waals surface area (Å²) in [5.41, 5.74) is 1.14. The summed E-state index contributed by atoms with van der Waals surface area (Å²) in [7, 11) is 1.83. The maximum Gasteiger partial charge on any atom is 0.169 e. The van der Waals surface area contributed by atoms with Crippen LogP contribution in [0, 0.1) is 12.7 Å². The van der Waals surface area contributed by atoms with E-state index >= 15 is 0 Å². The number of rotatable bonds is 3. The Morgan fingerprint density at radius 2 is 2.26 bits per heavy atom. The van der Waals surface area contributed by atoms with E-state index in [1.54, 1.807) is 6.07 Å². The van der Waals surface area contributed by atoms with Gasteiger partial charge in [-0.1, -0.05) is 16.6 Å². The van der Waals surface area contributed by atoms with Crippen molar-refractivity contribution in [2.24, 2.45) is 0 Å². The smallest absolute Gasteiger partial charge is 0.169 e. The number of benzene rings is 1. The van der Waals surface area contributed by atoms with Gasteiger partial charge >= 0.3 is 0 Å². The van der Waals surface area contributed by atoms with E-state index in [1.165, 1.54) is 17.6 Å². The molecule has 0 bridgehead atoms. The van der Waals surface area contributed by atoms with Crippen molar-refractivity contribution in [1.82, 2.24) is 14.9 Å². The van der Waals surface area contributed by atoms with E-state index in [-0.39, 0.29) is 17.4 Å². The molecule has 6 heteroatoms. The molecule has 19 heavy (non-hydrogen) atoms. The Kier molecular flexibility index (Phi) is 3.04. The number of furan rings is 1. The highest BCUT2D eigenvalue weighted by Crippen LogP contribution is 2.31. The molecule has 2 aromatic heterocycles. The Hall–Kier alpha value is -1.79. The van der Waals surface area contributed by atoms with Crippen molar-refractivity contribution in [2.45, 2.75) is 13.0 Å². The molecule has 0 aliphatic rings. The zero-order valence-corrected chi connectivity index (χ0v) is 11.3. The minimum Gasteiger partial charge on any atom is -0.456 e. The largest absolute Gasteiger partial charge is 0.456 e. The van der Waals surface area contributed by atoms with Gasteiger partial charge in [0.15, 0.2) is 11.4 Å². The van der Waals surface area contributed by atoms with Crippen molar-refractivity contribution in [3.05, 3.63) is 46.4 Å². The van der Waals surface area contributed by atoms with Gasteiger partial charge in [-0.25, -0.2) is 4.39 Å². The molecule has 0 saturated heterocycles. The zero-order valence-electron chi connectivity index (χ0n) is 10.5. The standard InChI is InChI=1S/C13H12FN3OS/c1-7-13(19-17-16-7)11(15-2)10-6-8-4-3-5-9(14)12(8)18-10/h3-6,11,15H,1-2H3. The second-order valence-corrected chi connectivity index (χ2v) is 5.04. The van der Waals surface area contributed by atoms with E-state index in [0.717, 1.165) is 16.0 Å². The number of halogens is 1. The molecule has 3 aromatic rings. The molecule has 1 atom stereocenters. The first-order valence-electron chi connectivity index (χ1n) is 5.84. The molecule has 3 rings (SSSR count). The van der Waals surface area contributed by atoms with E-state index < -0.39 is 0 Å². The number of aryl methyl sites for hydroxylation is 1. The Morgan fingerprint density at radius 3 is 2.89 bits per heavy atom. The van der Waals surface area contributed by atoms with Crippen LogP contribution in [0.5, 0.6) is 0 Å². The number of para-hydroxylation sites is 1. The van der Waals surface area contributed by atoms with Crippen LogP contribution in [-0.4, -0.2) is 16.6 Å². The van der Waals surface area contributed by atoms with Crippen molar-refractivity contribution in [3.63, 3.8) is 0 Å². The van der Waals surface area contributed by atoms with Crippen LogP contribution in [0.3, 0.4) is 0 Å². The maximum absolute atomic E-state index is 13.7. The van der Waals surface area contributed by atoms with Crippen molar-refractivity contribution < 1.29 is 8.81 Å². The quantitative estimate of drug-likeness (QED) is 0.799. The van der Waals surface area contributed by atoms with Gasteiger partial charge in [0.05, 0.1) is 10.6 Å². The molecule has 0 fully saturated rings. The van der Waals surface area contributed by atoms with Crippen LogP contribution in [0.2, 0.25) is 0 Å². The molecule has 0 spiro atoms. The average Bonchev–Trinajstić information content (AvgIpc) is 2.99. The molecule has 1 unspecified atom stereocenters. The van der Waals surface area contributed by atoms with Crippen molar-refractivity contribution in [3.8, 4) is 0 Å². The lowest BCUT2D eigenvalue weighted by Gasteiger charge is -2.11. The summed E-state index contributed by atoms with van der Waals surface area (Å²) in [6, 6.07) is 6.58. The summed E-state index contributed by atoms with van der Waals surface area (Å²) < 4.78 is 23.2. The third kappa shape index (κ3) is 2.02. The molecule has 98 valence electrons. The van der Waals surface area contributed by atoms with Crippen LogP contribution in [0.4, 0.5) is 4.39 Å². The summed E-state index contributed by atoms with van der Waals surface area (Å²) in [4.78, 5) is 0.974. The van der Waals surface area contributed by atoms with Crippen LogP contribution in [0.25, 0.3) is 11.0 Å². The second-order valence-electron chi connectivity index (χ2n) is 4.25. The van der Waals surface area contributed by atoms with Gasteiger partial charge in [0.25, 0.3) is 0 Å². The van der Waals surface area contributed by atoms with Gasteiger partial charge in [-0.2, -0.15) is 0 Å². The molecule has 0 aliphatic carbocycles. The zero-order chi connectivity index (χ0) is 13.4. The number of nitrogens with one attached hydrogen (secondary N) is 1. The van der Waals surface area contributed by atoms with E-state index in [4.69, 9.17) is 4.42 Å². The van der Waals surface area contributed by atoms with E-state index in [9.17, 15) is 4.39 Å². The summed E-state index contributed by atoms with van der Waals surface area (Å²) in [5.74, 6) is 0.314. The SMILES string of the molecule is CNC(c1cc2cccc(F)c2o1)c1snnc1C. The average molecular weight is 277 g/mol. The first kappa shape index (κ1) is 12.3. The van der Waals surface area contributed by atoms with Crippen molar-refractivity contribution in [1.29, 1.82) is 0 Å². The van der Waals surface area contributed by atoms with E-state index in [0.29, 0.717) is 5.76 Å². The van der Waals surface area contributed by atoms with Crippen LogP contribution in [0.1, 0.15) is 22.4 Å². The topological polar surface area (TPSA) is 51.0 Å². The summed E-state index contributed by atoms with van der Waals surface area (Å²) in [5, 5.41) is 7.91. The van der Waals surface area contributed by atoms with Crippen LogP contribution in [-0.2, 0) is 0 Å². The lowest BCUT2D eigenvalue weighted by molar-refractivity contribution is 0.478. The summed E-state index contributed by atoms with van der Waals surface area (Å²) >= 11 is 1.31. The highest BCUT2D eigenvalue weighted by atomic mass is 32.1. The van der Waals surface area contributed by atoms with Gasteiger partial charge in [0.1, 0.15) is 11.8 Å². The molecular formula is C13H12FN3OS. The third-order valence-corrected chi connectivity index (χ3v) is 3.93. The van der Waals surface area contributed by atoms with E-state index in [2.05, 4.69) is 14.9 Å². The Balaban J connectivity index is 2.12. The maximum atomic E-state index is 13.7. The fraction of sp³-hybridized carbons (Fsp3) is 0.231. The molecule has 4 nitrogen and oxygen atoms in total. The molecule has 1 aromatic carbocycles. The van der Waals surface area contributed by atoms with Crippen molar-refractivity contribution in [2.75, 3.05) is 7.05 Å². The Bertz CT molecular complexity index is 722. The second kappa shape index (κ2) is 4.71. The van der Waals surface area contributed by atoms with Gasteiger partial charge in [-0.15, -0.1) is 5.10 Å². The predicted octanol–water partition coefficient (Wildman–Crippen LogP) is 3.04. The lowest BCUT2D eigenvalue weighted by atomic mass is 10.1. The Labute approximate surface area is 113 Å². The Morgan fingerprint density at radius 1 is 1.42 bits per heavy atom. The number of nitrogens with zero attached hydrogens (tertiary/aromatic N) is 2. The highest BCUT2D eigenvalue weighted by Gasteiger charge is 2.22. The number of hydrogen-bond acceptors (Lipinski definition) is 5. The molecule has 0 amide bonds. The molecule has 0 aliphatic heterocycles. The normalized spacial score (nSPS) is 13.0. The van der Waals surface area contributed by atoms with Gasteiger partial charge in [-0.3, -0.25) is 0 Å². The molecule has 0 saturated carbocycles. The van der Waals surface area contributed by atoms with Crippen molar-refractivity contribution >= 4 is 22.5 Å². The number of hydrogen-bond donors (Lipinski definition) is 1. The van der Waals surface area contributed by atoms with Gasteiger partial charge in [-0.05, 0) is 37.6 Å². The fourth-order valence-electron chi connectivity index (χ4n) is 2.09. The van der Waals surface area contributed by atoms with Crippen LogP contribution >= 0.6 is 11.5 Å². The van der Waals surface area contributed by atoms with Crippen LogP contribution in [0.15, 0.2) is 28.7 Å². The molecular weight excluding hydrogens is 265 g/mol. The molecule has 1 N–H and O–H groups in total.